The van der Waals surface area contributed by atoms with Gasteiger partial charge in [-0.05, 0) is 19.4 Å². The Morgan fingerprint density at radius 2 is 2.22 bits per heavy atom. The van der Waals surface area contributed by atoms with Gasteiger partial charge in [-0.25, -0.2) is 0 Å². The standard InChI is InChI=1S/C13H23N3O2/c1-10(2)13-14-12(15-18-13)11-6-4-3-5-7-16(11)8-9-17/h10-11,17H,3-9H2,1-2H3/t11-/m0/s1. The topological polar surface area (TPSA) is 62.4 Å². The molecule has 1 aliphatic heterocycles. The fourth-order valence-electron chi connectivity index (χ4n) is 2.47. The molecule has 1 aromatic heterocycles. The molecule has 1 saturated heterocycles. The summed E-state index contributed by atoms with van der Waals surface area (Å²) in [5.41, 5.74) is 0. The molecule has 0 aromatic carbocycles. The van der Waals surface area contributed by atoms with E-state index in [-0.39, 0.29) is 18.6 Å². The molecule has 1 fully saturated rings. The molecule has 1 N–H and O–H groups in total. The molecule has 0 spiro atoms. The highest BCUT2D eigenvalue weighted by molar-refractivity contribution is 4.98. The molecule has 0 radical (unpaired) electrons. The molecule has 2 rings (SSSR count). The lowest BCUT2D eigenvalue weighted by molar-refractivity contribution is 0.146. The van der Waals surface area contributed by atoms with Crippen LogP contribution in [0.15, 0.2) is 4.52 Å². The summed E-state index contributed by atoms with van der Waals surface area (Å²) in [5, 5.41) is 13.3. The maximum absolute atomic E-state index is 9.16. The van der Waals surface area contributed by atoms with E-state index in [1.54, 1.807) is 0 Å². The van der Waals surface area contributed by atoms with E-state index in [0.29, 0.717) is 12.4 Å². The van der Waals surface area contributed by atoms with Crippen molar-refractivity contribution in [1.82, 2.24) is 15.0 Å². The van der Waals surface area contributed by atoms with Crippen molar-refractivity contribution in [1.29, 1.82) is 0 Å². The van der Waals surface area contributed by atoms with Gasteiger partial charge in [-0.3, -0.25) is 4.90 Å². The number of aromatic nitrogens is 2. The summed E-state index contributed by atoms with van der Waals surface area (Å²) in [6, 6.07) is 0.205. The summed E-state index contributed by atoms with van der Waals surface area (Å²) in [4.78, 5) is 6.79. The maximum Gasteiger partial charge on any atom is 0.229 e. The highest BCUT2D eigenvalue weighted by Crippen LogP contribution is 2.28. The Morgan fingerprint density at radius 3 is 2.89 bits per heavy atom. The molecule has 5 nitrogen and oxygen atoms in total. The van der Waals surface area contributed by atoms with Gasteiger partial charge in [0, 0.05) is 12.5 Å². The average Bonchev–Trinajstić information content (AvgIpc) is 2.72. The SMILES string of the molecule is CC(C)c1nc([C@@H]2CCCCCN2CCO)no1. The van der Waals surface area contributed by atoms with Crippen molar-refractivity contribution in [3.8, 4) is 0 Å². The van der Waals surface area contributed by atoms with Crippen molar-refractivity contribution >= 4 is 0 Å². The fourth-order valence-corrected chi connectivity index (χ4v) is 2.47. The van der Waals surface area contributed by atoms with Crippen molar-refractivity contribution in [2.24, 2.45) is 0 Å². The summed E-state index contributed by atoms with van der Waals surface area (Å²) in [6.07, 6.45) is 4.67. The first-order valence-corrected chi connectivity index (χ1v) is 6.90. The lowest BCUT2D eigenvalue weighted by Gasteiger charge is -2.26. The molecule has 0 amide bonds. The van der Waals surface area contributed by atoms with Crippen LogP contribution >= 0.6 is 0 Å². The van der Waals surface area contributed by atoms with E-state index >= 15 is 0 Å². The number of hydrogen-bond acceptors (Lipinski definition) is 5. The molecule has 5 heteroatoms. The van der Waals surface area contributed by atoms with Gasteiger partial charge in [0.2, 0.25) is 5.89 Å². The third kappa shape index (κ3) is 3.09. The second kappa shape index (κ2) is 6.29. The Balaban J connectivity index is 2.15. The van der Waals surface area contributed by atoms with E-state index in [2.05, 4.69) is 28.9 Å². The van der Waals surface area contributed by atoms with Crippen LogP contribution in [0.5, 0.6) is 0 Å². The van der Waals surface area contributed by atoms with Gasteiger partial charge in [-0.15, -0.1) is 0 Å². The molecule has 18 heavy (non-hydrogen) atoms. The van der Waals surface area contributed by atoms with E-state index in [1.807, 2.05) is 0 Å². The first kappa shape index (κ1) is 13.5. The number of nitrogens with zero attached hydrogens (tertiary/aromatic N) is 3. The van der Waals surface area contributed by atoms with Crippen LogP contribution in [-0.4, -0.2) is 39.8 Å². The molecule has 2 heterocycles. The Labute approximate surface area is 108 Å². The molecular weight excluding hydrogens is 230 g/mol. The average molecular weight is 253 g/mol. The molecular formula is C13H23N3O2. The zero-order valence-electron chi connectivity index (χ0n) is 11.3. The van der Waals surface area contributed by atoms with E-state index in [1.165, 1.54) is 19.3 Å². The summed E-state index contributed by atoms with van der Waals surface area (Å²) in [7, 11) is 0. The molecule has 0 unspecified atom stereocenters. The lowest BCUT2D eigenvalue weighted by atomic mass is 10.1. The fraction of sp³-hybridized carbons (Fsp3) is 0.846. The predicted octanol–water partition coefficient (Wildman–Crippen LogP) is 2.10. The number of hydrogen-bond donors (Lipinski definition) is 1. The maximum atomic E-state index is 9.16. The van der Waals surface area contributed by atoms with Crippen molar-refractivity contribution in [2.45, 2.75) is 51.5 Å². The van der Waals surface area contributed by atoms with E-state index in [9.17, 15) is 0 Å². The number of β-amino-alcohol motifs (C(OH)–C–C–N with tert-alkyl or cyclic N) is 1. The second-order valence-electron chi connectivity index (χ2n) is 5.27. The minimum absolute atomic E-state index is 0.186. The highest BCUT2D eigenvalue weighted by Gasteiger charge is 2.26. The molecule has 1 aliphatic rings. The van der Waals surface area contributed by atoms with Crippen molar-refractivity contribution < 1.29 is 9.63 Å². The predicted molar refractivity (Wildman–Crippen MR) is 68.3 cm³/mol. The quantitative estimate of drug-likeness (QED) is 0.890. The zero-order valence-corrected chi connectivity index (χ0v) is 11.3. The van der Waals surface area contributed by atoms with Crippen molar-refractivity contribution in [3.63, 3.8) is 0 Å². The van der Waals surface area contributed by atoms with Gasteiger partial charge in [-0.2, -0.15) is 4.98 Å². The van der Waals surface area contributed by atoms with Crippen LogP contribution in [-0.2, 0) is 0 Å². The minimum Gasteiger partial charge on any atom is -0.395 e. The Bertz CT molecular complexity index is 365. The monoisotopic (exact) mass is 253 g/mol. The molecule has 0 bridgehead atoms. The number of aliphatic hydroxyl groups excluding tert-OH is 1. The van der Waals surface area contributed by atoms with Crippen LogP contribution in [0.25, 0.3) is 0 Å². The van der Waals surface area contributed by atoms with Crippen molar-refractivity contribution in [3.05, 3.63) is 11.7 Å². The van der Waals surface area contributed by atoms with Crippen LogP contribution < -0.4 is 0 Å². The first-order chi connectivity index (χ1) is 8.72. The van der Waals surface area contributed by atoms with Gasteiger partial charge in [0.1, 0.15) is 0 Å². The number of aliphatic hydroxyl groups is 1. The molecule has 102 valence electrons. The van der Waals surface area contributed by atoms with Crippen molar-refractivity contribution in [2.75, 3.05) is 19.7 Å². The van der Waals surface area contributed by atoms with E-state index in [0.717, 1.165) is 18.8 Å². The van der Waals surface area contributed by atoms with Gasteiger partial charge in [-0.1, -0.05) is 31.8 Å². The van der Waals surface area contributed by atoms with Crippen LogP contribution in [0.4, 0.5) is 0 Å². The lowest BCUT2D eigenvalue weighted by Crippen LogP contribution is -2.31. The third-order valence-corrected chi connectivity index (χ3v) is 3.50. The van der Waals surface area contributed by atoms with Gasteiger partial charge < -0.3 is 9.63 Å². The van der Waals surface area contributed by atoms with E-state index < -0.39 is 0 Å². The summed E-state index contributed by atoms with van der Waals surface area (Å²) >= 11 is 0. The highest BCUT2D eigenvalue weighted by atomic mass is 16.5. The molecule has 1 atom stereocenters. The molecule has 1 aromatic rings. The normalized spacial score (nSPS) is 22.3. The largest absolute Gasteiger partial charge is 0.395 e. The van der Waals surface area contributed by atoms with Gasteiger partial charge in [0.25, 0.3) is 0 Å². The zero-order chi connectivity index (χ0) is 13.0. The summed E-state index contributed by atoms with van der Waals surface area (Å²) in [5.74, 6) is 1.76. The van der Waals surface area contributed by atoms with Crippen LogP contribution in [0, 0.1) is 0 Å². The molecule has 0 aliphatic carbocycles. The summed E-state index contributed by atoms with van der Waals surface area (Å²) < 4.78 is 5.30. The van der Waals surface area contributed by atoms with E-state index in [4.69, 9.17) is 9.63 Å². The summed E-state index contributed by atoms with van der Waals surface area (Å²) in [6.45, 7) is 5.99. The smallest absolute Gasteiger partial charge is 0.229 e. The third-order valence-electron chi connectivity index (χ3n) is 3.50. The number of rotatable bonds is 4. The van der Waals surface area contributed by atoms with Crippen LogP contribution in [0.3, 0.4) is 0 Å². The molecule has 0 saturated carbocycles. The number of likely N-dealkylation sites (tertiary alicyclic amines) is 1. The first-order valence-electron chi connectivity index (χ1n) is 6.90. The minimum atomic E-state index is 0.186. The second-order valence-corrected chi connectivity index (χ2v) is 5.27. The van der Waals surface area contributed by atoms with Crippen LogP contribution in [0.2, 0.25) is 0 Å². The van der Waals surface area contributed by atoms with Crippen LogP contribution in [0.1, 0.15) is 63.2 Å². The Kier molecular flexibility index (Phi) is 4.72. The van der Waals surface area contributed by atoms with Gasteiger partial charge in [0.15, 0.2) is 5.82 Å². The van der Waals surface area contributed by atoms with Gasteiger partial charge >= 0.3 is 0 Å². The Morgan fingerprint density at radius 1 is 1.39 bits per heavy atom. The van der Waals surface area contributed by atoms with Gasteiger partial charge in [0.05, 0.1) is 12.6 Å². The Hall–Kier alpha value is -0.940.